The van der Waals surface area contributed by atoms with Crippen LogP contribution in [0.4, 0.5) is 8.78 Å². The van der Waals surface area contributed by atoms with Crippen LogP contribution < -0.4 is 4.74 Å². The molecule has 3 aromatic rings. The van der Waals surface area contributed by atoms with Crippen LogP contribution in [-0.4, -0.2) is 18.2 Å². The molecule has 0 aliphatic heterocycles. The molecule has 0 radical (unpaired) electrons. The van der Waals surface area contributed by atoms with Gasteiger partial charge in [-0.2, -0.15) is 0 Å². The fourth-order valence-electron chi connectivity index (χ4n) is 2.60. The van der Waals surface area contributed by atoms with E-state index in [2.05, 4.69) is 0 Å². The highest BCUT2D eigenvalue weighted by atomic mass is 19.1. The zero-order valence-electron chi connectivity index (χ0n) is 12.1. The lowest BCUT2D eigenvalue weighted by Crippen LogP contribution is -1.97. The van der Waals surface area contributed by atoms with Crippen molar-refractivity contribution < 1.29 is 23.4 Å². The highest BCUT2D eigenvalue weighted by molar-refractivity contribution is 6.02. The molecular weight excluding hydrogens is 302 g/mol. The maximum absolute atomic E-state index is 14.3. The van der Waals surface area contributed by atoms with Crippen molar-refractivity contribution in [1.29, 1.82) is 0 Å². The predicted octanol–water partition coefficient (Wildman–Crippen LogP) is 4.49. The highest BCUT2D eigenvalue weighted by Gasteiger charge is 2.17. The van der Waals surface area contributed by atoms with E-state index < -0.39 is 17.6 Å². The number of carboxylic acids is 1. The van der Waals surface area contributed by atoms with E-state index in [1.54, 1.807) is 24.3 Å². The number of halogens is 2. The molecule has 3 rings (SSSR count). The van der Waals surface area contributed by atoms with Gasteiger partial charge in [0.05, 0.1) is 18.2 Å². The van der Waals surface area contributed by atoms with Crippen LogP contribution in [0.2, 0.25) is 0 Å². The Morgan fingerprint density at radius 2 is 1.87 bits per heavy atom. The summed E-state index contributed by atoms with van der Waals surface area (Å²) < 4.78 is 32.8. The maximum Gasteiger partial charge on any atom is 0.335 e. The molecule has 0 spiro atoms. The van der Waals surface area contributed by atoms with E-state index in [1.165, 1.54) is 19.2 Å². The lowest BCUT2D eigenvalue weighted by atomic mass is 9.95. The molecule has 116 valence electrons. The van der Waals surface area contributed by atoms with Crippen molar-refractivity contribution in [3.63, 3.8) is 0 Å². The van der Waals surface area contributed by atoms with E-state index in [0.29, 0.717) is 10.9 Å². The Kier molecular flexibility index (Phi) is 3.70. The molecule has 23 heavy (non-hydrogen) atoms. The molecule has 0 aliphatic carbocycles. The van der Waals surface area contributed by atoms with E-state index in [1.807, 2.05) is 0 Å². The number of hydrogen-bond donors (Lipinski definition) is 1. The van der Waals surface area contributed by atoms with Gasteiger partial charge in [0.15, 0.2) is 0 Å². The second-order valence-corrected chi connectivity index (χ2v) is 5.01. The highest BCUT2D eigenvalue weighted by Crippen LogP contribution is 2.37. The Morgan fingerprint density at radius 3 is 2.57 bits per heavy atom. The van der Waals surface area contributed by atoms with Crippen LogP contribution in [0.5, 0.6) is 5.75 Å². The molecule has 0 saturated heterocycles. The minimum absolute atomic E-state index is 0.0516. The van der Waals surface area contributed by atoms with Gasteiger partial charge >= 0.3 is 5.97 Å². The van der Waals surface area contributed by atoms with E-state index in [-0.39, 0.29) is 16.9 Å². The van der Waals surface area contributed by atoms with Gasteiger partial charge in [-0.05, 0) is 28.5 Å². The summed E-state index contributed by atoms with van der Waals surface area (Å²) in [5, 5.41) is 10.4. The fraction of sp³-hybridized carbons (Fsp3) is 0.0556. The van der Waals surface area contributed by atoms with Crippen LogP contribution in [0, 0.1) is 11.6 Å². The quantitative estimate of drug-likeness (QED) is 0.774. The summed E-state index contributed by atoms with van der Waals surface area (Å²) >= 11 is 0. The van der Waals surface area contributed by atoms with Gasteiger partial charge in [-0.1, -0.05) is 24.3 Å². The molecule has 3 nitrogen and oxygen atoms in total. The SMILES string of the molecule is COc1cc(F)cc(F)c1-c1cccc2ccc(C(=O)O)cc12. The van der Waals surface area contributed by atoms with E-state index in [9.17, 15) is 13.6 Å². The first kappa shape index (κ1) is 15.0. The van der Waals surface area contributed by atoms with Crippen LogP contribution in [0.1, 0.15) is 10.4 Å². The average molecular weight is 314 g/mol. The molecule has 0 atom stereocenters. The molecule has 0 aliphatic rings. The summed E-state index contributed by atoms with van der Waals surface area (Å²) in [5.74, 6) is -2.53. The van der Waals surface area contributed by atoms with Gasteiger partial charge in [0.2, 0.25) is 0 Å². The predicted molar refractivity (Wildman–Crippen MR) is 82.8 cm³/mol. The second-order valence-electron chi connectivity index (χ2n) is 5.01. The number of ether oxygens (including phenoxy) is 1. The molecule has 0 amide bonds. The first-order valence-electron chi connectivity index (χ1n) is 6.80. The first-order chi connectivity index (χ1) is 11.0. The third-order valence-corrected chi connectivity index (χ3v) is 3.64. The van der Waals surface area contributed by atoms with Crippen molar-refractivity contribution in [1.82, 2.24) is 0 Å². The topological polar surface area (TPSA) is 46.5 Å². The summed E-state index contributed by atoms with van der Waals surface area (Å²) in [4.78, 5) is 11.2. The number of fused-ring (bicyclic) bond motifs is 1. The normalized spacial score (nSPS) is 10.7. The number of hydrogen-bond acceptors (Lipinski definition) is 2. The number of methoxy groups -OCH3 is 1. The van der Waals surface area contributed by atoms with Gasteiger partial charge in [0.25, 0.3) is 0 Å². The summed E-state index contributed by atoms with van der Waals surface area (Å²) in [6.07, 6.45) is 0. The van der Waals surface area contributed by atoms with E-state index in [0.717, 1.165) is 17.5 Å². The van der Waals surface area contributed by atoms with Crippen molar-refractivity contribution in [3.05, 3.63) is 65.7 Å². The van der Waals surface area contributed by atoms with Crippen molar-refractivity contribution in [2.75, 3.05) is 7.11 Å². The molecule has 3 aromatic carbocycles. The molecule has 5 heteroatoms. The Labute approximate surface area is 130 Å². The Hall–Kier alpha value is -2.95. The molecule has 0 fully saturated rings. The summed E-state index contributed by atoms with van der Waals surface area (Å²) in [7, 11) is 1.32. The largest absolute Gasteiger partial charge is 0.496 e. The summed E-state index contributed by atoms with van der Waals surface area (Å²) in [6, 6.07) is 11.6. The number of carboxylic acid groups (broad SMARTS) is 1. The Bertz CT molecular complexity index is 920. The zero-order valence-corrected chi connectivity index (χ0v) is 12.1. The molecule has 0 heterocycles. The van der Waals surface area contributed by atoms with E-state index in [4.69, 9.17) is 9.84 Å². The minimum atomic E-state index is -1.08. The lowest BCUT2D eigenvalue weighted by Gasteiger charge is -2.13. The van der Waals surface area contributed by atoms with Crippen LogP contribution in [0.25, 0.3) is 21.9 Å². The van der Waals surface area contributed by atoms with E-state index >= 15 is 0 Å². The van der Waals surface area contributed by atoms with Crippen molar-refractivity contribution >= 4 is 16.7 Å². The van der Waals surface area contributed by atoms with Gasteiger partial charge in [-0.15, -0.1) is 0 Å². The van der Waals surface area contributed by atoms with Crippen LogP contribution >= 0.6 is 0 Å². The fourth-order valence-corrected chi connectivity index (χ4v) is 2.60. The molecule has 0 unspecified atom stereocenters. The summed E-state index contributed by atoms with van der Waals surface area (Å²) in [6.45, 7) is 0. The number of aromatic carboxylic acids is 1. The van der Waals surface area contributed by atoms with Crippen molar-refractivity contribution in [2.45, 2.75) is 0 Å². The van der Waals surface area contributed by atoms with Gasteiger partial charge in [0.1, 0.15) is 17.4 Å². The lowest BCUT2D eigenvalue weighted by molar-refractivity contribution is 0.0697. The summed E-state index contributed by atoms with van der Waals surface area (Å²) in [5.41, 5.74) is 0.633. The van der Waals surface area contributed by atoms with Crippen LogP contribution in [0.15, 0.2) is 48.5 Å². The number of carbonyl (C=O) groups is 1. The molecular formula is C18H12F2O3. The van der Waals surface area contributed by atoms with Crippen molar-refractivity contribution in [3.8, 4) is 16.9 Å². The third-order valence-electron chi connectivity index (χ3n) is 3.64. The van der Waals surface area contributed by atoms with Gasteiger partial charge in [0, 0.05) is 12.1 Å². The van der Waals surface area contributed by atoms with Gasteiger partial charge in [-0.25, -0.2) is 13.6 Å². The zero-order chi connectivity index (χ0) is 16.6. The van der Waals surface area contributed by atoms with Gasteiger partial charge < -0.3 is 9.84 Å². The Morgan fingerprint density at radius 1 is 1.09 bits per heavy atom. The first-order valence-corrected chi connectivity index (χ1v) is 6.80. The van der Waals surface area contributed by atoms with Gasteiger partial charge in [-0.3, -0.25) is 0 Å². The third kappa shape index (κ3) is 2.61. The molecule has 0 saturated carbocycles. The van der Waals surface area contributed by atoms with Crippen LogP contribution in [-0.2, 0) is 0 Å². The monoisotopic (exact) mass is 314 g/mol. The number of rotatable bonds is 3. The van der Waals surface area contributed by atoms with Crippen molar-refractivity contribution in [2.24, 2.45) is 0 Å². The average Bonchev–Trinajstić information content (AvgIpc) is 2.53. The standard InChI is InChI=1S/C18H12F2O3/c1-23-16-9-12(19)8-15(20)17(16)13-4-2-3-10-5-6-11(18(21)22)7-14(10)13/h2-9H,1H3,(H,21,22). The Balaban J connectivity index is 2.36. The molecule has 0 bridgehead atoms. The molecule has 1 N–H and O–H groups in total. The van der Waals surface area contributed by atoms with Crippen LogP contribution in [0.3, 0.4) is 0 Å². The smallest absolute Gasteiger partial charge is 0.335 e. The minimum Gasteiger partial charge on any atom is -0.496 e. The maximum atomic E-state index is 14.3. The molecule has 0 aromatic heterocycles. The second kappa shape index (κ2) is 5.68. The number of benzene rings is 3.